The summed E-state index contributed by atoms with van der Waals surface area (Å²) in [5.74, 6) is 0. The van der Waals surface area contributed by atoms with Crippen molar-refractivity contribution in [3.8, 4) is 0 Å². The van der Waals surface area contributed by atoms with E-state index in [1.165, 1.54) is 21.6 Å². The highest BCUT2D eigenvalue weighted by molar-refractivity contribution is 7.99. The molecule has 0 bridgehead atoms. The van der Waals surface area contributed by atoms with E-state index in [1.807, 2.05) is 6.07 Å². The summed E-state index contributed by atoms with van der Waals surface area (Å²) in [6.07, 6.45) is 0. The number of benzene rings is 2. The fourth-order valence-corrected chi connectivity index (χ4v) is 3.15. The predicted molar refractivity (Wildman–Crippen MR) is 88.9 cm³/mol. The predicted octanol–water partition coefficient (Wildman–Crippen LogP) is 5.22. The summed E-state index contributed by atoms with van der Waals surface area (Å²) in [5.41, 5.74) is 3.86. The van der Waals surface area contributed by atoms with E-state index in [4.69, 9.17) is 11.6 Å². The zero-order valence-electron chi connectivity index (χ0n) is 12.2. The highest BCUT2D eigenvalue weighted by atomic mass is 35.5. The fraction of sp³-hybridized carbons (Fsp3) is 0.294. The van der Waals surface area contributed by atoms with Crippen molar-refractivity contribution in [2.24, 2.45) is 0 Å². The topological polar surface area (TPSA) is 12.0 Å². The molecule has 0 saturated heterocycles. The molecule has 1 nitrogen and oxygen atoms in total. The van der Waals surface area contributed by atoms with Gasteiger partial charge in [-0.3, -0.25) is 0 Å². The van der Waals surface area contributed by atoms with Gasteiger partial charge in [0, 0.05) is 16.3 Å². The first kappa shape index (κ1) is 15.4. The van der Waals surface area contributed by atoms with Crippen LogP contribution in [-0.2, 0) is 6.54 Å². The Balaban J connectivity index is 2.14. The molecule has 0 amide bonds. The average Bonchev–Trinajstić information content (AvgIpc) is 2.43. The third-order valence-electron chi connectivity index (χ3n) is 3.28. The van der Waals surface area contributed by atoms with Crippen molar-refractivity contribution in [1.29, 1.82) is 0 Å². The number of aryl methyl sites for hydroxylation is 2. The molecule has 0 radical (unpaired) electrons. The van der Waals surface area contributed by atoms with Gasteiger partial charge in [0.25, 0.3) is 0 Å². The van der Waals surface area contributed by atoms with Crippen LogP contribution in [0.3, 0.4) is 0 Å². The van der Waals surface area contributed by atoms with E-state index in [0.29, 0.717) is 0 Å². The van der Waals surface area contributed by atoms with Crippen LogP contribution in [0, 0.1) is 13.8 Å². The molecule has 0 spiro atoms. The van der Waals surface area contributed by atoms with Gasteiger partial charge < -0.3 is 5.32 Å². The first-order valence-electron chi connectivity index (χ1n) is 6.84. The van der Waals surface area contributed by atoms with Crippen molar-refractivity contribution in [2.45, 2.75) is 37.1 Å². The van der Waals surface area contributed by atoms with Crippen molar-refractivity contribution < 1.29 is 0 Å². The van der Waals surface area contributed by atoms with E-state index >= 15 is 0 Å². The van der Waals surface area contributed by atoms with E-state index in [-0.39, 0.29) is 0 Å². The smallest absolute Gasteiger partial charge is 0.0548 e. The number of hydrogen-bond donors (Lipinski definition) is 1. The van der Waals surface area contributed by atoms with Gasteiger partial charge in [0.05, 0.1) is 5.02 Å². The van der Waals surface area contributed by atoms with Crippen molar-refractivity contribution >= 4 is 23.4 Å². The largest absolute Gasteiger partial charge is 0.313 e. The maximum Gasteiger partial charge on any atom is 0.0548 e. The molecule has 2 rings (SSSR count). The van der Waals surface area contributed by atoms with Gasteiger partial charge in [-0.05, 0) is 61.3 Å². The maximum atomic E-state index is 6.38. The standard InChI is InChI=1S/C17H20ClNS/c1-4-19-11-14-6-8-17(16(18)10-14)20-15-7-5-12(2)13(3)9-15/h5-10,19H,4,11H2,1-3H3. The Hall–Kier alpha value is -0.960. The molecule has 0 saturated carbocycles. The summed E-state index contributed by atoms with van der Waals surface area (Å²) in [7, 11) is 0. The van der Waals surface area contributed by atoms with Crippen LogP contribution in [0.25, 0.3) is 0 Å². The lowest BCUT2D eigenvalue weighted by Gasteiger charge is -2.09. The second-order valence-corrected chi connectivity index (χ2v) is 6.42. The first-order valence-corrected chi connectivity index (χ1v) is 8.04. The molecular weight excluding hydrogens is 286 g/mol. The lowest BCUT2D eigenvalue weighted by molar-refractivity contribution is 0.726. The summed E-state index contributed by atoms with van der Waals surface area (Å²) in [6, 6.07) is 12.8. The third-order valence-corrected chi connectivity index (χ3v) is 4.77. The molecule has 1 N–H and O–H groups in total. The van der Waals surface area contributed by atoms with E-state index in [0.717, 1.165) is 23.0 Å². The van der Waals surface area contributed by atoms with Crippen LogP contribution in [0.2, 0.25) is 5.02 Å². The molecule has 0 aliphatic carbocycles. The summed E-state index contributed by atoms with van der Waals surface area (Å²) in [5, 5.41) is 4.13. The Labute approximate surface area is 130 Å². The number of nitrogens with one attached hydrogen (secondary N) is 1. The van der Waals surface area contributed by atoms with Crippen molar-refractivity contribution in [3.63, 3.8) is 0 Å². The Morgan fingerprint density at radius 1 is 1.05 bits per heavy atom. The van der Waals surface area contributed by atoms with Crippen LogP contribution in [0.1, 0.15) is 23.6 Å². The Morgan fingerprint density at radius 3 is 2.50 bits per heavy atom. The maximum absolute atomic E-state index is 6.38. The van der Waals surface area contributed by atoms with Crippen LogP contribution in [0.4, 0.5) is 0 Å². The molecule has 0 fully saturated rings. The van der Waals surface area contributed by atoms with Gasteiger partial charge in [-0.25, -0.2) is 0 Å². The number of halogens is 1. The second kappa shape index (κ2) is 7.16. The normalized spacial score (nSPS) is 10.8. The summed E-state index contributed by atoms with van der Waals surface area (Å²) in [6.45, 7) is 8.21. The van der Waals surface area contributed by atoms with Crippen molar-refractivity contribution in [2.75, 3.05) is 6.54 Å². The van der Waals surface area contributed by atoms with E-state index in [1.54, 1.807) is 11.8 Å². The lowest BCUT2D eigenvalue weighted by atomic mass is 10.1. The third kappa shape index (κ3) is 4.02. The van der Waals surface area contributed by atoms with Crippen LogP contribution >= 0.6 is 23.4 Å². The van der Waals surface area contributed by atoms with E-state index < -0.39 is 0 Å². The summed E-state index contributed by atoms with van der Waals surface area (Å²) in [4.78, 5) is 2.34. The average molecular weight is 306 g/mol. The Bertz CT molecular complexity index is 596. The van der Waals surface area contributed by atoms with Gasteiger partial charge in [-0.15, -0.1) is 0 Å². The molecule has 2 aromatic carbocycles. The number of hydrogen-bond acceptors (Lipinski definition) is 2. The summed E-state index contributed by atoms with van der Waals surface area (Å²) < 4.78 is 0. The lowest BCUT2D eigenvalue weighted by Crippen LogP contribution is -2.11. The van der Waals surface area contributed by atoms with Crippen LogP contribution in [0.5, 0.6) is 0 Å². The van der Waals surface area contributed by atoms with Gasteiger partial charge in [0.2, 0.25) is 0 Å². The Kier molecular flexibility index (Phi) is 5.53. The minimum atomic E-state index is 0.823. The van der Waals surface area contributed by atoms with Gasteiger partial charge in [0.1, 0.15) is 0 Å². The van der Waals surface area contributed by atoms with Crippen LogP contribution in [0.15, 0.2) is 46.2 Å². The molecule has 0 aliphatic heterocycles. The van der Waals surface area contributed by atoms with Gasteiger partial charge in [-0.2, -0.15) is 0 Å². The van der Waals surface area contributed by atoms with Crippen LogP contribution < -0.4 is 5.32 Å². The molecule has 2 aromatic rings. The second-order valence-electron chi connectivity index (χ2n) is 4.89. The highest BCUT2D eigenvalue weighted by Gasteiger charge is 2.05. The van der Waals surface area contributed by atoms with Crippen molar-refractivity contribution in [3.05, 3.63) is 58.1 Å². The molecule has 0 atom stereocenters. The van der Waals surface area contributed by atoms with Gasteiger partial charge in [0.15, 0.2) is 0 Å². The SMILES string of the molecule is CCNCc1ccc(Sc2ccc(C)c(C)c2)c(Cl)c1. The highest BCUT2D eigenvalue weighted by Crippen LogP contribution is 2.34. The molecule has 0 unspecified atom stereocenters. The minimum Gasteiger partial charge on any atom is -0.313 e. The van der Waals surface area contributed by atoms with Gasteiger partial charge in [-0.1, -0.05) is 42.4 Å². The zero-order chi connectivity index (χ0) is 14.5. The zero-order valence-corrected chi connectivity index (χ0v) is 13.7. The molecule has 20 heavy (non-hydrogen) atoms. The first-order chi connectivity index (χ1) is 9.60. The van der Waals surface area contributed by atoms with E-state index in [2.05, 4.69) is 56.4 Å². The molecule has 0 aromatic heterocycles. The van der Waals surface area contributed by atoms with Crippen molar-refractivity contribution in [1.82, 2.24) is 5.32 Å². The molecule has 3 heteroatoms. The molecule has 106 valence electrons. The Morgan fingerprint density at radius 2 is 1.85 bits per heavy atom. The molecule has 0 heterocycles. The quantitative estimate of drug-likeness (QED) is 0.813. The molecule has 0 aliphatic rings. The van der Waals surface area contributed by atoms with Crippen LogP contribution in [-0.4, -0.2) is 6.54 Å². The van der Waals surface area contributed by atoms with Gasteiger partial charge >= 0.3 is 0 Å². The summed E-state index contributed by atoms with van der Waals surface area (Å²) >= 11 is 8.10. The number of rotatable bonds is 5. The fourth-order valence-electron chi connectivity index (χ4n) is 1.91. The monoisotopic (exact) mass is 305 g/mol. The molecular formula is C17H20ClNS. The van der Waals surface area contributed by atoms with E-state index in [9.17, 15) is 0 Å². The minimum absolute atomic E-state index is 0.823.